The molecule has 2 N–H and O–H groups in total. The molecule has 0 amide bonds. The van der Waals surface area contributed by atoms with Gasteiger partial charge in [-0.3, -0.25) is 0 Å². The second-order valence-corrected chi connectivity index (χ2v) is 5.08. The fraction of sp³-hybridized carbons (Fsp3) is 0.375. The molecule has 2 aromatic rings. The Morgan fingerprint density at radius 3 is 2.91 bits per heavy atom. The minimum atomic E-state index is -0.369. The maximum absolute atomic E-state index is 13.7. The molecular weight excluding hydrogens is 283 g/mol. The summed E-state index contributed by atoms with van der Waals surface area (Å²) < 4.78 is 20.7. The van der Waals surface area contributed by atoms with Gasteiger partial charge in [0.2, 0.25) is 5.95 Å². The second kappa shape index (κ2) is 7.59. The van der Waals surface area contributed by atoms with Crippen LogP contribution in [0, 0.1) is 12.7 Å². The van der Waals surface area contributed by atoms with Crippen LogP contribution in [0.4, 0.5) is 10.3 Å². The van der Waals surface area contributed by atoms with Crippen LogP contribution in [-0.2, 0) is 0 Å². The average Bonchev–Trinajstić information content (AvgIpc) is 2.82. The fourth-order valence-corrected chi connectivity index (χ4v) is 1.97. The fourth-order valence-electron chi connectivity index (χ4n) is 1.97. The van der Waals surface area contributed by atoms with E-state index in [1.165, 1.54) is 10.7 Å². The lowest BCUT2D eigenvalue weighted by molar-refractivity contribution is 0.291. The van der Waals surface area contributed by atoms with Crippen LogP contribution in [-0.4, -0.2) is 22.5 Å². The summed E-state index contributed by atoms with van der Waals surface area (Å²) >= 11 is 0. The van der Waals surface area contributed by atoms with E-state index in [1.807, 2.05) is 6.92 Å². The number of aryl methyl sites for hydroxylation is 1. The highest BCUT2D eigenvalue weighted by Crippen LogP contribution is 2.18. The average molecular weight is 304 g/mol. The van der Waals surface area contributed by atoms with Gasteiger partial charge in [-0.05, 0) is 31.0 Å². The van der Waals surface area contributed by atoms with Gasteiger partial charge in [0, 0.05) is 0 Å². The van der Waals surface area contributed by atoms with Gasteiger partial charge in [-0.25, -0.2) is 14.1 Å². The molecule has 118 valence electrons. The highest BCUT2D eigenvalue weighted by atomic mass is 19.1. The summed E-state index contributed by atoms with van der Waals surface area (Å²) in [5.41, 5.74) is 7.23. The van der Waals surface area contributed by atoms with Gasteiger partial charge in [0.25, 0.3) is 0 Å². The minimum absolute atomic E-state index is 0.245. The molecule has 0 unspecified atom stereocenters. The molecule has 0 aliphatic heterocycles. The first-order chi connectivity index (χ1) is 10.6. The van der Waals surface area contributed by atoms with Crippen molar-refractivity contribution in [3.8, 4) is 5.75 Å². The number of rotatable bonds is 7. The highest BCUT2D eigenvalue weighted by Gasteiger charge is 2.04. The Balaban J connectivity index is 2.06. The van der Waals surface area contributed by atoms with E-state index in [0.29, 0.717) is 12.6 Å². The summed E-state index contributed by atoms with van der Waals surface area (Å²) in [5, 5.41) is 4.20. The first-order valence-corrected chi connectivity index (χ1v) is 7.38. The second-order valence-electron chi connectivity index (χ2n) is 5.08. The molecule has 0 saturated carbocycles. The van der Waals surface area contributed by atoms with Crippen LogP contribution >= 0.6 is 0 Å². The van der Waals surface area contributed by atoms with Crippen molar-refractivity contribution >= 4 is 12.2 Å². The van der Waals surface area contributed by atoms with E-state index in [2.05, 4.69) is 17.0 Å². The number of hydrogen-bond acceptors (Lipinski definition) is 4. The maximum atomic E-state index is 13.7. The molecule has 0 fully saturated rings. The standard InChI is InChI=1S/C16H21FN4O/c1-3-4-5-8-22-15-9-13(6-7-14(15)17)10-19-21-11-12(2)20-16(21)18/h6-7,9-11H,3-5,8H2,1-2H3,(H2,18,20). The maximum Gasteiger partial charge on any atom is 0.221 e. The largest absolute Gasteiger partial charge is 0.490 e. The molecule has 6 heteroatoms. The van der Waals surface area contributed by atoms with Crippen molar-refractivity contribution in [2.45, 2.75) is 33.1 Å². The summed E-state index contributed by atoms with van der Waals surface area (Å²) in [6.07, 6.45) is 6.40. The molecule has 2 rings (SSSR count). The zero-order valence-electron chi connectivity index (χ0n) is 12.9. The molecule has 0 aliphatic rings. The van der Waals surface area contributed by atoms with E-state index in [4.69, 9.17) is 10.5 Å². The van der Waals surface area contributed by atoms with Crippen LogP contribution in [0.2, 0.25) is 0 Å². The quantitative estimate of drug-likeness (QED) is 0.630. The Morgan fingerprint density at radius 1 is 1.41 bits per heavy atom. The highest BCUT2D eigenvalue weighted by molar-refractivity contribution is 5.80. The first kappa shape index (κ1) is 16.0. The van der Waals surface area contributed by atoms with E-state index in [0.717, 1.165) is 30.5 Å². The molecule has 0 radical (unpaired) electrons. The lowest BCUT2D eigenvalue weighted by Gasteiger charge is -2.07. The number of nitrogen functional groups attached to an aromatic ring is 1. The van der Waals surface area contributed by atoms with Crippen molar-refractivity contribution in [1.29, 1.82) is 0 Å². The third-order valence-corrected chi connectivity index (χ3v) is 3.13. The van der Waals surface area contributed by atoms with Crippen molar-refractivity contribution in [3.05, 3.63) is 41.5 Å². The number of nitrogens with two attached hydrogens (primary N) is 1. The van der Waals surface area contributed by atoms with Gasteiger partial charge < -0.3 is 10.5 Å². The van der Waals surface area contributed by atoms with Gasteiger partial charge >= 0.3 is 0 Å². The van der Waals surface area contributed by atoms with Gasteiger partial charge in [0.05, 0.1) is 24.7 Å². The Kier molecular flexibility index (Phi) is 5.52. The molecule has 1 aromatic heterocycles. The van der Waals surface area contributed by atoms with Crippen LogP contribution in [0.5, 0.6) is 5.75 Å². The molecule has 5 nitrogen and oxygen atoms in total. The number of nitrogens with zero attached hydrogens (tertiary/aromatic N) is 3. The molecule has 1 aromatic carbocycles. The molecule has 0 aliphatic carbocycles. The van der Waals surface area contributed by atoms with E-state index in [1.54, 1.807) is 24.5 Å². The van der Waals surface area contributed by atoms with E-state index in [-0.39, 0.29) is 11.6 Å². The summed E-state index contributed by atoms with van der Waals surface area (Å²) in [6.45, 7) is 4.46. The number of hydrogen-bond donors (Lipinski definition) is 1. The van der Waals surface area contributed by atoms with Crippen molar-refractivity contribution in [3.63, 3.8) is 0 Å². The number of ether oxygens (including phenoxy) is 1. The van der Waals surface area contributed by atoms with Gasteiger partial charge in [0.1, 0.15) is 0 Å². The molecule has 0 saturated heterocycles. The Bertz CT molecular complexity index is 652. The van der Waals surface area contributed by atoms with Crippen molar-refractivity contribution in [1.82, 2.24) is 9.66 Å². The van der Waals surface area contributed by atoms with Crippen molar-refractivity contribution in [2.24, 2.45) is 5.10 Å². The lowest BCUT2D eigenvalue weighted by atomic mass is 10.2. The number of benzene rings is 1. The number of halogens is 1. The lowest BCUT2D eigenvalue weighted by Crippen LogP contribution is -2.00. The summed E-state index contributed by atoms with van der Waals surface area (Å²) in [4.78, 5) is 4.06. The Morgan fingerprint density at radius 2 is 2.23 bits per heavy atom. The normalized spacial score (nSPS) is 11.2. The third-order valence-electron chi connectivity index (χ3n) is 3.13. The molecular formula is C16H21FN4O. The number of aromatic nitrogens is 2. The predicted octanol–water partition coefficient (Wildman–Crippen LogP) is 3.36. The summed E-state index contributed by atoms with van der Waals surface area (Å²) in [7, 11) is 0. The number of anilines is 1. The summed E-state index contributed by atoms with van der Waals surface area (Å²) in [5.74, 6) is 0.188. The van der Waals surface area contributed by atoms with Crippen LogP contribution in [0.25, 0.3) is 0 Å². The minimum Gasteiger partial charge on any atom is -0.490 e. The number of unbranched alkanes of at least 4 members (excludes halogenated alkanes) is 2. The van der Waals surface area contributed by atoms with Crippen molar-refractivity contribution < 1.29 is 9.13 Å². The smallest absolute Gasteiger partial charge is 0.221 e. The number of imidazole rings is 1. The topological polar surface area (TPSA) is 65.4 Å². The van der Waals surface area contributed by atoms with Gasteiger partial charge in [-0.2, -0.15) is 5.10 Å². The zero-order chi connectivity index (χ0) is 15.9. The molecule has 22 heavy (non-hydrogen) atoms. The van der Waals surface area contributed by atoms with Crippen LogP contribution in [0.1, 0.15) is 37.4 Å². The predicted molar refractivity (Wildman–Crippen MR) is 85.8 cm³/mol. The van der Waals surface area contributed by atoms with Crippen molar-refractivity contribution in [2.75, 3.05) is 12.3 Å². The van der Waals surface area contributed by atoms with E-state index < -0.39 is 0 Å². The monoisotopic (exact) mass is 304 g/mol. The van der Waals surface area contributed by atoms with E-state index in [9.17, 15) is 4.39 Å². The molecule has 0 spiro atoms. The molecule has 0 bridgehead atoms. The van der Waals surface area contributed by atoms with Gasteiger partial charge in [0.15, 0.2) is 11.6 Å². The zero-order valence-corrected chi connectivity index (χ0v) is 12.9. The van der Waals surface area contributed by atoms with E-state index >= 15 is 0 Å². The Hall–Kier alpha value is -2.37. The van der Waals surface area contributed by atoms with Crippen LogP contribution in [0.3, 0.4) is 0 Å². The summed E-state index contributed by atoms with van der Waals surface area (Å²) in [6, 6.07) is 4.64. The van der Waals surface area contributed by atoms with Crippen LogP contribution in [0.15, 0.2) is 29.5 Å². The Labute approximate surface area is 129 Å². The van der Waals surface area contributed by atoms with Gasteiger partial charge in [-0.1, -0.05) is 25.8 Å². The van der Waals surface area contributed by atoms with Crippen LogP contribution < -0.4 is 10.5 Å². The molecule has 0 atom stereocenters. The third kappa shape index (κ3) is 4.31. The molecule has 1 heterocycles. The van der Waals surface area contributed by atoms with Gasteiger partial charge in [-0.15, -0.1) is 0 Å². The SMILES string of the molecule is CCCCCOc1cc(C=Nn2cc(C)nc2N)ccc1F. The first-order valence-electron chi connectivity index (χ1n) is 7.38.